The van der Waals surface area contributed by atoms with Gasteiger partial charge in [-0.25, -0.2) is 0 Å². The fourth-order valence-corrected chi connectivity index (χ4v) is 1.60. The molecule has 1 aliphatic heterocycles. The quantitative estimate of drug-likeness (QED) is 0.790. The average Bonchev–Trinajstić information content (AvgIpc) is 2.73. The summed E-state index contributed by atoms with van der Waals surface area (Å²) in [6, 6.07) is 0. The second kappa shape index (κ2) is 3.71. The largest absolute Gasteiger partial charge is 0.379 e. The minimum atomic E-state index is 0.115. The molecule has 1 aromatic heterocycles. The third-order valence-electron chi connectivity index (χ3n) is 2.77. The van der Waals surface area contributed by atoms with Crippen LogP contribution in [0.2, 0.25) is 0 Å². The first-order valence-electron chi connectivity index (χ1n) is 4.92. The summed E-state index contributed by atoms with van der Waals surface area (Å²) in [7, 11) is 0. The molecule has 2 rings (SSSR count). The van der Waals surface area contributed by atoms with E-state index in [4.69, 9.17) is 9.26 Å². The van der Waals surface area contributed by atoms with E-state index < -0.39 is 0 Å². The lowest BCUT2D eigenvalue weighted by atomic mass is 10.0. The minimum Gasteiger partial charge on any atom is -0.379 e. The van der Waals surface area contributed by atoms with Gasteiger partial charge < -0.3 is 14.6 Å². The zero-order valence-corrected chi connectivity index (χ0v) is 8.67. The Bertz CT molecular complexity index is 303. The summed E-state index contributed by atoms with van der Waals surface area (Å²) in [4.78, 5) is 0. The van der Waals surface area contributed by atoms with Crippen LogP contribution in [0.15, 0.2) is 10.8 Å². The van der Waals surface area contributed by atoms with Crippen LogP contribution in [0.4, 0.5) is 0 Å². The molecule has 0 bridgehead atoms. The summed E-state index contributed by atoms with van der Waals surface area (Å²) in [5, 5.41) is 7.31. The first-order valence-corrected chi connectivity index (χ1v) is 4.92. The molecule has 0 aromatic carbocycles. The van der Waals surface area contributed by atoms with Gasteiger partial charge in [0.25, 0.3) is 0 Å². The van der Waals surface area contributed by atoms with E-state index >= 15 is 0 Å². The summed E-state index contributed by atoms with van der Waals surface area (Å²) < 4.78 is 10.2. The number of ether oxygens (including phenoxy) is 1. The van der Waals surface area contributed by atoms with Crippen LogP contribution in [0, 0.1) is 6.92 Å². The summed E-state index contributed by atoms with van der Waals surface area (Å²) >= 11 is 0. The minimum absolute atomic E-state index is 0.115. The second-order valence-corrected chi connectivity index (χ2v) is 4.14. The van der Waals surface area contributed by atoms with Crippen molar-refractivity contribution in [1.82, 2.24) is 10.5 Å². The lowest BCUT2D eigenvalue weighted by Gasteiger charge is -2.23. The Labute approximate surface area is 83.6 Å². The number of aryl methyl sites for hydroxylation is 1. The van der Waals surface area contributed by atoms with Crippen molar-refractivity contribution in [1.29, 1.82) is 0 Å². The van der Waals surface area contributed by atoms with Crippen molar-refractivity contribution < 1.29 is 9.26 Å². The van der Waals surface area contributed by atoms with Crippen LogP contribution in [0.5, 0.6) is 0 Å². The zero-order chi connectivity index (χ0) is 10.0. The van der Waals surface area contributed by atoms with Gasteiger partial charge in [0.1, 0.15) is 6.26 Å². The molecule has 78 valence electrons. The highest BCUT2D eigenvalue weighted by atomic mass is 16.5. The van der Waals surface area contributed by atoms with Gasteiger partial charge in [0.2, 0.25) is 0 Å². The zero-order valence-electron chi connectivity index (χ0n) is 8.67. The van der Waals surface area contributed by atoms with Gasteiger partial charge in [-0.3, -0.25) is 0 Å². The van der Waals surface area contributed by atoms with Crippen LogP contribution in [-0.2, 0) is 11.3 Å². The maximum Gasteiger partial charge on any atom is 0.128 e. The molecule has 4 heteroatoms. The number of hydrogen-bond acceptors (Lipinski definition) is 4. The normalized spacial score (nSPS) is 27.0. The van der Waals surface area contributed by atoms with Crippen molar-refractivity contribution in [3.63, 3.8) is 0 Å². The van der Waals surface area contributed by atoms with Crippen LogP contribution in [0.1, 0.15) is 24.6 Å². The van der Waals surface area contributed by atoms with Crippen molar-refractivity contribution in [3.05, 3.63) is 17.5 Å². The van der Waals surface area contributed by atoms with Crippen molar-refractivity contribution in [2.24, 2.45) is 0 Å². The molecule has 1 saturated heterocycles. The number of hydrogen-bond donors (Lipinski definition) is 1. The van der Waals surface area contributed by atoms with Crippen LogP contribution in [-0.4, -0.2) is 23.9 Å². The van der Waals surface area contributed by atoms with Gasteiger partial charge in [-0.2, -0.15) is 0 Å². The highest BCUT2D eigenvalue weighted by molar-refractivity contribution is 5.12. The van der Waals surface area contributed by atoms with Gasteiger partial charge in [-0.1, -0.05) is 5.16 Å². The number of aromatic nitrogens is 1. The molecular formula is C10H16N2O2. The average molecular weight is 196 g/mol. The van der Waals surface area contributed by atoms with E-state index in [9.17, 15) is 0 Å². The van der Waals surface area contributed by atoms with E-state index in [1.54, 1.807) is 6.26 Å². The Hall–Kier alpha value is -0.870. The smallest absolute Gasteiger partial charge is 0.128 e. The van der Waals surface area contributed by atoms with E-state index in [2.05, 4.69) is 17.4 Å². The first kappa shape index (κ1) is 9.68. The van der Waals surface area contributed by atoms with E-state index in [0.29, 0.717) is 0 Å². The molecule has 4 nitrogen and oxygen atoms in total. The van der Waals surface area contributed by atoms with Crippen LogP contribution in [0.3, 0.4) is 0 Å². The van der Waals surface area contributed by atoms with E-state index in [1.165, 1.54) is 0 Å². The van der Waals surface area contributed by atoms with Gasteiger partial charge >= 0.3 is 0 Å². The summed E-state index contributed by atoms with van der Waals surface area (Å²) in [5.74, 6) is 0. The van der Waals surface area contributed by atoms with Crippen LogP contribution >= 0.6 is 0 Å². The fourth-order valence-electron chi connectivity index (χ4n) is 1.60. The Kier molecular flexibility index (Phi) is 2.56. The van der Waals surface area contributed by atoms with Crippen LogP contribution < -0.4 is 5.32 Å². The van der Waals surface area contributed by atoms with Crippen molar-refractivity contribution in [2.75, 3.05) is 13.2 Å². The lowest BCUT2D eigenvalue weighted by molar-refractivity contribution is 0.171. The van der Waals surface area contributed by atoms with E-state index in [0.717, 1.165) is 37.4 Å². The molecule has 0 aliphatic carbocycles. The molecule has 1 aromatic rings. The molecule has 1 unspecified atom stereocenters. The molecule has 1 N–H and O–H groups in total. The first-order chi connectivity index (χ1) is 6.70. The van der Waals surface area contributed by atoms with Gasteiger partial charge in [-0.15, -0.1) is 0 Å². The topological polar surface area (TPSA) is 47.3 Å². The lowest BCUT2D eigenvalue weighted by Crippen LogP contribution is -2.42. The Morgan fingerprint density at radius 1 is 1.64 bits per heavy atom. The number of rotatable bonds is 3. The number of nitrogens with one attached hydrogen (secondary N) is 1. The summed E-state index contributed by atoms with van der Waals surface area (Å²) in [5.41, 5.74) is 2.20. The van der Waals surface area contributed by atoms with E-state index in [1.807, 2.05) is 6.92 Å². The third kappa shape index (κ3) is 1.96. The molecule has 1 atom stereocenters. The monoisotopic (exact) mass is 196 g/mol. The van der Waals surface area contributed by atoms with Gasteiger partial charge in [0.05, 0.1) is 12.3 Å². The van der Waals surface area contributed by atoms with Crippen molar-refractivity contribution in [3.8, 4) is 0 Å². The standard InChI is InChI=1S/C10H16N2O2/c1-8-9(6-14-12-8)5-11-10(2)3-4-13-7-10/h6,11H,3-5,7H2,1-2H3. The molecule has 14 heavy (non-hydrogen) atoms. The number of nitrogens with zero attached hydrogens (tertiary/aromatic N) is 1. The third-order valence-corrected chi connectivity index (χ3v) is 2.77. The summed E-state index contributed by atoms with van der Waals surface area (Å²) in [6.07, 6.45) is 2.76. The molecule has 1 fully saturated rings. The predicted octanol–water partition coefficient (Wildman–Crippen LogP) is 1.25. The van der Waals surface area contributed by atoms with Crippen molar-refractivity contribution in [2.45, 2.75) is 32.4 Å². The molecule has 1 aliphatic rings. The fraction of sp³-hybridized carbons (Fsp3) is 0.700. The highest BCUT2D eigenvalue weighted by Gasteiger charge is 2.28. The summed E-state index contributed by atoms with van der Waals surface area (Å²) in [6.45, 7) is 6.58. The molecule has 0 radical (unpaired) electrons. The van der Waals surface area contributed by atoms with E-state index in [-0.39, 0.29) is 5.54 Å². The van der Waals surface area contributed by atoms with Gasteiger partial charge in [-0.05, 0) is 20.3 Å². The Balaban J connectivity index is 1.91. The van der Waals surface area contributed by atoms with Gasteiger partial charge in [0, 0.05) is 24.3 Å². The van der Waals surface area contributed by atoms with Crippen LogP contribution in [0.25, 0.3) is 0 Å². The second-order valence-electron chi connectivity index (χ2n) is 4.14. The van der Waals surface area contributed by atoms with Gasteiger partial charge in [0.15, 0.2) is 0 Å². The SMILES string of the molecule is Cc1nocc1CNC1(C)CCOC1. The Morgan fingerprint density at radius 2 is 2.50 bits per heavy atom. The predicted molar refractivity (Wildman–Crippen MR) is 51.9 cm³/mol. The molecular weight excluding hydrogens is 180 g/mol. The highest BCUT2D eigenvalue weighted by Crippen LogP contribution is 2.18. The molecule has 0 amide bonds. The Morgan fingerprint density at radius 3 is 3.07 bits per heavy atom. The van der Waals surface area contributed by atoms with Crippen molar-refractivity contribution >= 4 is 0 Å². The maximum absolute atomic E-state index is 5.36. The molecule has 0 saturated carbocycles. The molecule has 2 heterocycles. The maximum atomic E-state index is 5.36. The molecule has 0 spiro atoms.